The Morgan fingerprint density at radius 1 is 0.971 bits per heavy atom. The first-order chi connectivity index (χ1) is 16.3. The summed E-state index contributed by atoms with van der Waals surface area (Å²) in [6.07, 6.45) is -3.30. The van der Waals surface area contributed by atoms with Crippen molar-refractivity contribution in [1.29, 1.82) is 0 Å². The molecule has 2 aromatic carbocycles. The number of benzene rings is 2. The topological polar surface area (TPSA) is 94.3 Å². The monoisotopic (exact) mass is 464 g/mol. The van der Waals surface area contributed by atoms with Crippen LogP contribution in [0.5, 0.6) is 5.75 Å². The predicted molar refractivity (Wildman–Crippen MR) is 119 cm³/mol. The van der Waals surface area contributed by atoms with Crippen molar-refractivity contribution in [2.45, 2.75) is 6.18 Å². The van der Waals surface area contributed by atoms with Gasteiger partial charge in [-0.1, -0.05) is 12.1 Å². The third-order valence-corrected chi connectivity index (χ3v) is 5.08. The number of nitrogens with one attached hydrogen (secondary N) is 1. The minimum Gasteiger partial charge on any atom is -0.497 e. The van der Waals surface area contributed by atoms with Crippen molar-refractivity contribution in [1.82, 2.24) is 24.6 Å². The third kappa shape index (κ3) is 3.76. The minimum absolute atomic E-state index is 0.0131. The zero-order valence-corrected chi connectivity index (χ0v) is 17.5. The van der Waals surface area contributed by atoms with Crippen molar-refractivity contribution in [2.75, 3.05) is 12.4 Å². The lowest BCUT2D eigenvalue weighted by atomic mass is 10.1. The van der Waals surface area contributed by atoms with Gasteiger partial charge >= 0.3 is 6.18 Å². The summed E-state index contributed by atoms with van der Waals surface area (Å²) >= 11 is 0. The molecule has 0 fully saturated rings. The molecule has 3 aromatic heterocycles. The molecule has 34 heavy (non-hydrogen) atoms. The highest BCUT2D eigenvalue weighted by molar-refractivity contribution is 5.96. The van der Waals surface area contributed by atoms with E-state index in [4.69, 9.17) is 4.74 Å². The van der Waals surface area contributed by atoms with Crippen LogP contribution < -0.4 is 15.6 Å². The first kappa shape index (κ1) is 21.3. The normalized spacial score (nSPS) is 11.6. The molecule has 5 rings (SSSR count). The number of hydrogen-bond acceptors (Lipinski definition) is 7. The van der Waals surface area contributed by atoms with Crippen LogP contribution >= 0.6 is 0 Å². The Balaban J connectivity index is 1.80. The maximum Gasteiger partial charge on any atom is 0.417 e. The Morgan fingerprint density at radius 3 is 2.50 bits per heavy atom. The molecule has 0 amide bonds. The van der Waals surface area contributed by atoms with Crippen LogP contribution in [-0.4, -0.2) is 31.7 Å². The van der Waals surface area contributed by atoms with E-state index in [1.165, 1.54) is 31.5 Å². The molecule has 3 heterocycles. The number of fused-ring (bicyclic) bond motifs is 3. The predicted octanol–water partition coefficient (Wildman–Crippen LogP) is 4.47. The Labute approximate surface area is 189 Å². The summed E-state index contributed by atoms with van der Waals surface area (Å²) in [6.45, 7) is 0. The molecule has 0 unspecified atom stereocenters. The molecule has 11 heteroatoms. The van der Waals surface area contributed by atoms with Gasteiger partial charge in [0.15, 0.2) is 11.5 Å². The fraction of sp³-hybridized carbons (Fsp3) is 0.0870. The summed E-state index contributed by atoms with van der Waals surface area (Å²) in [5.74, 6) is 0.795. The number of hydrogen-bond donors (Lipinski definition) is 1. The Bertz CT molecular complexity index is 1580. The summed E-state index contributed by atoms with van der Waals surface area (Å²) in [6, 6.07) is 15.1. The summed E-state index contributed by atoms with van der Waals surface area (Å²) < 4.78 is 47.8. The highest BCUT2D eigenvalue weighted by Crippen LogP contribution is 2.37. The van der Waals surface area contributed by atoms with Gasteiger partial charge in [-0.15, -0.1) is 5.10 Å². The maximum absolute atomic E-state index is 13.8. The number of alkyl halides is 3. The molecular formula is C23H15F3N6O2. The van der Waals surface area contributed by atoms with Crippen molar-refractivity contribution >= 4 is 28.2 Å². The lowest BCUT2D eigenvalue weighted by Crippen LogP contribution is -2.13. The molecule has 0 bridgehead atoms. The fourth-order valence-corrected chi connectivity index (χ4v) is 3.50. The van der Waals surface area contributed by atoms with Crippen LogP contribution in [0.15, 0.2) is 71.7 Å². The SMILES string of the molecule is COc1ccc(-c2nc3c4c(C(F)(F)F)cccc4nc(Nc4ccccnc4=O)n3n2)cc1. The van der Waals surface area contributed by atoms with Gasteiger partial charge in [-0.3, -0.25) is 4.79 Å². The van der Waals surface area contributed by atoms with Crippen molar-refractivity contribution in [3.63, 3.8) is 0 Å². The number of methoxy groups -OCH3 is 1. The van der Waals surface area contributed by atoms with Crippen LogP contribution in [-0.2, 0) is 6.18 Å². The fourth-order valence-electron chi connectivity index (χ4n) is 3.50. The van der Waals surface area contributed by atoms with E-state index in [1.54, 1.807) is 36.4 Å². The van der Waals surface area contributed by atoms with Crippen LogP contribution in [0.3, 0.4) is 0 Å². The van der Waals surface area contributed by atoms with E-state index in [0.717, 1.165) is 10.6 Å². The van der Waals surface area contributed by atoms with Gasteiger partial charge in [0, 0.05) is 11.8 Å². The van der Waals surface area contributed by atoms with Crippen LogP contribution in [0.1, 0.15) is 5.56 Å². The highest BCUT2D eigenvalue weighted by atomic mass is 19.4. The molecular weight excluding hydrogens is 449 g/mol. The second kappa shape index (κ2) is 8.10. The molecule has 0 aliphatic heterocycles. The molecule has 0 atom stereocenters. The number of ether oxygens (including phenoxy) is 1. The van der Waals surface area contributed by atoms with Crippen LogP contribution in [0.25, 0.3) is 27.9 Å². The number of aromatic nitrogens is 5. The van der Waals surface area contributed by atoms with Crippen LogP contribution in [0.4, 0.5) is 24.8 Å². The van der Waals surface area contributed by atoms with Crippen LogP contribution in [0, 0.1) is 0 Å². The maximum atomic E-state index is 13.8. The minimum atomic E-state index is -4.64. The second-order valence-electron chi connectivity index (χ2n) is 7.21. The zero-order valence-electron chi connectivity index (χ0n) is 17.5. The number of halogens is 3. The van der Waals surface area contributed by atoms with Gasteiger partial charge in [0.05, 0.1) is 23.6 Å². The van der Waals surface area contributed by atoms with Gasteiger partial charge < -0.3 is 10.1 Å². The van der Waals surface area contributed by atoms with Crippen molar-refractivity contribution in [3.05, 3.63) is 82.8 Å². The summed E-state index contributed by atoms with van der Waals surface area (Å²) in [5.41, 5.74) is -0.845. The molecule has 0 saturated heterocycles. The molecule has 0 saturated carbocycles. The van der Waals surface area contributed by atoms with Gasteiger partial charge in [0.25, 0.3) is 5.56 Å². The number of anilines is 2. The average molecular weight is 464 g/mol. The van der Waals surface area contributed by atoms with E-state index >= 15 is 0 Å². The number of nitrogens with zero attached hydrogens (tertiary/aromatic N) is 5. The largest absolute Gasteiger partial charge is 0.497 e. The van der Waals surface area contributed by atoms with Gasteiger partial charge in [-0.25, -0.2) is 15.0 Å². The molecule has 0 aliphatic rings. The van der Waals surface area contributed by atoms with E-state index in [2.05, 4.69) is 25.4 Å². The summed E-state index contributed by atoms with van der Waals surface area (Å²) in [7, 11) is 1.52. The van der Waals surface area contributed by atoms with Crippen LogP contribution in [0.2, 0.25) is 0 Å². The first-order valence-corrected chi connectivity index (χ1v) is 9.98. The lowest BCUT2D eigenvalue weighted by Gasteiger charge is -2.12. The van der Waals surface area contributed by atoms with Crippen molar-refractivity contribution in [2.24, 2.45) is 0 Å². The average Bonchev–Trinajstić information content (AvgIpc) is 3.18. The molecule has 170 valence electrons. The van der Waals surface area contributed by atoms with Gasteiger partial charge in [0.1, 0.15) is 11.4 Å². The van der Waals surface area contributed by atoms with Gasteiger partial charge in [0.2, 0.25) is 5.95 Å². The number of rotatable bonds is 4. The second-order valence-corrected chi connectivity index (χ2v) is 7.21. The lowest BCUT2D eigenvalue weighted by molar-refractivity contribution is -0.136. The van der Waals surface area contributed by atoms with Gasteiger partial charge in [-0.2, -0.15) is 17.7 Å². The zero-order chi connectivity index (χ0) is 23.9. The Hall–Kier alpha value is -4.54. The quantitative estimate of drug-likeness (QED) is 0.419. The third-order valence-electron chi connectivity index (χ3n) is 5.08. The van der Waals surface area contributed by atoms with E-state index < -0.39 is 17.3 Å². The summed E-state index contributed by atoms with van der Waals surface area (Å²) in [5, 5.41) is 7.04. The Morgan fingerprint density at radius 2 is 1.76 bits per heavy atom. The highest BCUT2D eigenvalue weighted by Gasteiger charge is 2.34. The molecule has 8 nitrogen and oxygen atoms in total. The van der Waals surface area contributed by atoms with E-state index in [0.29, 0.717) is 11.3 Å². The van der Waals surface area contributed by atoms with E-state index in [1.807, 2.05) is 0 Å². The molecule has 0 radical (unpaired) electrons. The van der Waals surface area contributed by atoms with E-state index in [9.17, 15) is 18.0 Å². The van der Waals surface area contributed by atoms with Crippen molar-refractivity contribution in [3.8, 4) is 17.1 Å². The smallest absolute Gasteiger partial charge is 0.417 e. The van der Waals surface area contributed by atoms with Gasteiger partial charge in [-0.05, 0) is 48.5 Å². The standard InChI is InChI=1S/C23H15F3N6O2/c1-34-14-10-8-13(9-11-14)19-30-20-18-15(23(24,25)26)5-4-7-16(18)28-22(32(20)31-19)29-17-6-2-3-12-27-21(17)33/h2-12H,1H3,(H,27,28,29,33). The van der Waals surface area contributed by atoms with E-state index in [-0.39, 0.29) is 34.0 Å². The molecule has 0 spiro atoms. The molecule has 0 aliphatic carbocycles. The summed E-state index contributed by atoms with van der Waals surface area (Å²) in [4.78, 5) is 24.8. The molecule has 5 aromatic rings. The molecule has 1 N–H and O–H groups in total. The Kier molecular flexibility index (Phi) is 5.08. The first-order valence-electron chi connectivity index (χ1n) is 9.98. The van der Waals surface area contributed by atoms with Crippen molar-refractivity contribution < 1.29 is 17.9 Å².